The Bertz CT molecular complexity index is 1410. The summed E-state index contributed by atoms with van der Waals surface area (Å²) in [5.74, 6) is -3.42. The summed E-state index contributed by atoms with van der Waals surface area (Å²) in [6, 6.07) is -0.945. The molecule has 0 unspecified atom stereocenters. The van der Waals surface area contributed by atoms with Crippen LogP contribution in [-0.4, -0.2) is 95.9 Å². The SMILES string of the molecule is Cc1cc(C)c(S(=O)(=O)N(C(=O)[C@@H]2CCCN2C(=O)[C@H](CCCCN)NC(=O)OC(C)(C)C)[C@@H](CCCN=C(N)N)C(=O)O)c(C)c1. The number of carboxylic acid groups (broad SMARTS) is 1. The van der Waals surface area contributed by atoms with Crippen molar-refractivity contribution in [2.24, 2.45) is 22.2 Å². The van der Waals surface area contributed by atoms with Gasteiger partial charge < -0.3 is 37.3 Å². The molecule has 1 aromatic rings. The third-order valence-electron chi connectivity index (χ3n) is 7.59. The molecule has 1 fully saturated rings. The van der Waals surface area contributed by atoms with Crippen LogP contribution < -0.4 is 22.5 Å². The molecule has 0 spiro atoms. The number of carbonyl (C=O) groups excluding carboxylic acids is 3. The van der Waals surface area contributed by atoms with Crippen molar-refractivity contribution in [3.8, 4) is 0 Å². The fourth-order valence-electron chi connectivity index (χ4n) is 5.78. The number of alkyl carbamates (subject to hydrolysis) is 1. The summed E-state index contributed by atoms with van der Waals surface area (Å²) in [6.07, 6.45) is 0.626. The Morgan fingerprint density at radius 1 is 1.09 bits per heavy atom. The average Bonchev–Trinajstić information content (AvgIpc) is 3.41. The lowest BCUT2D eigenvalue weighted by Gasteiger charge is -2.35. The number of rotatable bonds is 15. The van der Waals surface area contributed by atoms with Gasteiger partial charge >= 0.3 is 12.1 Å². The first-order valence-corrected chi connectivity index (χ1v) is 17.2. The van der Waals surface area contributed by atoms with E-state index in [0.717, 1.165) is 5.56 Å². The molecular formula is C31H51N7O8S. The van der Waals surface area contributed by atoms with Gasteiger partial charge in [0.15, 0.2) is 5.96 Å². The minimum Gasteiger partial charge on any atom is -0.480 e. The topological polar surface area (TPSA) is 241 Å². The second-order valence-corrected chi connectivity index (χ2v) is 14.6. The van der Waals surface area contributed by atoms with Crippen LogP contribution in [0.25, 0.3) is 0 Å². The fraction of sp³-hybridized carbons (Fsp3) is 0.645. The Morgan fingerprint density at radius 2 is 1.70 bits per heavy atom. The molecule has 0 bridgehead atoms. The highest BCUT2D eigenvalue weighted by Gasteiger charge is 2.47. The molecule has 1 aliphatic heterocycles. The van der Waals surface area contributed by atoms with Gasteiger partial charge in [-0.05, 0) is 104 Å². The molecule has 1 heterocycles. The van der Waals surface area contributed by atoms with Gasteiger partial charge in [0.25, 0.3) is 15.9 Å². The first kappa shape index (κ1) is 39.3. The maximum Gasteiger partial charge on any atom is 0.408 e. The van der Waals surface area contributed by atoms with Crippen molar-refractivity contribution >= 4 is 39.9 Å². The Labute approximate surface area is 277 Å². The lowest BCUT2D eigenvalue weighted by atomic mass is 10.1. The number of unbranched alkanes of at least 4 members (excludes halogenated alkanes) is 1. The zero-order chi connectivity index (χ0) is 35.7. The number of hydrogen-bond donors (Lipinski definition) is 5. The van der Waals surface area contributed by atoms with Crippen LogP contribution in [0.5, 0.6) is 0 Å². The molecule has 8 N–H and O–H groups in total. The monoisotopic (exact) mass is 681 g/mol. The summed E-state index contributed by atoms with van der Waals surface area (Å²) in [4.78, 5) is 58.7. The maximum absolute atomic E-state index is 14.4. The van der Waals surface area contributed by atoms with Gasteiger partial charge in [0.2, 0.25) is 5.91 Å². The fourth-order valence-corrected chi connectivity index (χ4v) is 7.80. The van der Waals surface area contributed by atoms with Crippen LogP contribution in [0.15, 0.2) is 22.0 Å². The van der Waals surface area contributed by atoms with Crippen molar-refractivity contribution in [3.63, 3.8) is 0 Å². The number of carbonyl (C=O) groups is 4. The second kappa shape index (κ2) is 16.8. The van der Waals surface area contributed by atoms with Crippen molar-refractivity contribution in [1.29, 1.82) is 0 Å². The number of nitrogens with zero attached hydrogens (tertiary/aromatic N) is 3. The molecular weight excluding hydrogens is 630 g/mol. The number of sulfonamides is 1. The average molecular weight is 682 g/mol. The summed E-state index contributed by atoms with van der Waals surface area (Å²) in [5, 5.41) is 12.9. The third-order valence-corrected chi connectivity index (χ3v) is 9.71. The summed E-state index contributed by atoms with van der Waals surface area (Å²) in [5.41, 5.74) is 17.0. The first-order chi connectivity index (χ1) is 21.8. The number of benzene rings is 1. The lowest BCUT2D eigenvalue weighted by molar-refractivity contribution is -0.149. The van der Waals surface area contributed by atoms with Crippen molar-refractivity contribution in [3.05, 3.63) is 28.8 Å². The molecule has 1 aliphatic rings. The van der Waals surface area contributed by atoms with Gasteiger partial charge in [-0.3, -0.25) is 14.6 Å². The Hall–Kier alpha value is -3.92. The van der Waals surface area contributed by atoms with Crippen molar-refractivity contribution in [2.75, 3.05) is 19.6 Å². The van der Waals surface area contributed by atoms with E-state index in [-0.39, 0.29) is 49.6 Å². The molecule has 15 nitrogen and oxygen atoms in total. The summed E-state index contributed by atoms with van der Waals surface area (Å²) in [6.45, 7) is 10.4. The van der Waals surface area contributed by atoms with Gasteiger partial charge in [-0.25, -0.2) is 22.3 Å². The minimum atomic E-state index is -4.76. The quantitative estimate of drug-likeness (QED) is 0.101. The number of aryl methyl sites for hydroxylation is 3. The van der Waals surface area contributed by atoms with Gasteiger partial charge in [-0.2, -0.15) is 0 Å². The minimum absolute atomic E-state index is 0.00559. The number of nitrogens with two attached hydrogens (primary N) is 3. The van der Waals surface area contributed by atoms with Crippen LogP contribution in [0.1, 0.15) is 82.4 Å². The zero-order valence-electron chi connectivity index (χ0n) is 28.2. The van der Waals surface area contributed by atoms with E-state index in [0.29, 0.717) is 41.2 Å². The van der Waals surface area contributed by atoms with Crippen molar-refractivity contribution in [1.82, 2.24) is 14.5 Å². The number of nitrogens with one attached hydrogen (secondary N) is 1. The molecule has 2 rings (SSSR count). The molecule has 0 radical (unpaired) electrons. The van der Waals surface area contributed by atoms with E-state index in [1.54, 1.807) is 53.7 Å². The number of amides is 3. The van der Waals surface area contributed by atoms with E-state index >= 15 is 0 Å². The number of carboxylic acids is 1. The predicted molar refractivity (Wildman–Crippen MR) is 177 cm³/mol. The molecule has 47 heavy (non-hydrogen) atoms. The van der Waals surface area contributed by atoms with Gasteiger partial charge in [0.1, 0.15) is 23.7 Å². The molecule has 264 valence electrons. The molecule has 1 aromatic carbocycles. The van der Waals surface area contributed by atoms with Crippen LogP contribution in [-0.2, 0) is 29.1 Å². The van der Waals surface area contributed by atoms with Gasteiger partial charge in [-0.15, -0.1) is 0 Å². The van der Waals surface area contributed by atoms with Gasteiger partial charge in [0, 0.05) is 13.1 Å². The highest BCUT2D eigenvalue weighted by atomic mass is 32.2. The van der Waals surface area contributed by atoms with Crippen LogP contribution in [0, 0.1) is 20.8 Å². The van der Waals surface area contributed by atoms with Crippen LogP contribution in [0.4, 0.5) is 4.79 Å². The Morgan fingerprint density at radius 3 is 2.23 bits per heavy atom. The number of ether oxygens (including phenoxy) is 1. The predicted octanol–water partition coefficient (Wildman–Crippen LogP) is 1.65. The second-order valence-electron chi connectivity index (χ2n) is 12.8. The molecule has 16 heteroatoms. The summed E-state index contributed by atoms with van der Waals surface area (Å²) in [7, 11) is -4.76. The third kappa shape index (κ3) is 10.8. The highest BCUT2D eigenvalue weighted by molar-refractivity contribution is 7.89. The van der Waals surface area contributed by atoms with E-state index in [9.17, 15) is 32.7 Å². The molecule has 1 saturated heterocycles. The van der Waals surface area contributed by atoms with E-state index in [1.807, 2.05) is 0 Å². The van der Waals surface area contributed by atoms with Crippen LogP contribution >= 0.6 is 0 Å². The zero-order valence-corrected chi connectivity index (χ0v) is 29.1. The molecule has 0 aromatic heterocycles. The van der Waals surface area contributed by atoms with Crippen LogP contribution in [0.3, 0.4) is 0 Å². The Balaban J connectivity index is 2.60. The first-order valence-electron chi connectivity index (χ1n) is 15.8. The number of aliphatic carboxylic acids is 1. The van der Waals surface area contributed by atoms with E-state index in [2.05, 4.69) is 10.3 Å². The summed E-state index contributed by atoms with van der Waals surface area (Å²) >= 11 is 0. The number of aliphatic imine (C=N–C) groups is 1. The van der Waals surface area contributed by atoms with Gasteiger partial charge in [-0.1, -0.05) is 17.7 Å². The maximum atomic E-state index is 14.4. The molecule has 3 atom stereocenters. The van der Waals surface area contributed by atoms with E-state index in [4.69, 9.17) is 21.9 Å². The largest absolute Gasteiger partial charge is 0.480 e. The highest BCUT2D eigenvalue weighted by Crippen LogP contribution is 2.31. The van der Waals surface area contributed by atoms with Crippen LogP contribution in [0.2, 0.25) is 0 Å². The summed E-state index contributed by atoms with van der Waals surface area (Å²) < 4.78 is 34.6. The van der Waals surface area contributed by atoms with E-state index in [1.165, 1.54) is 4.90 Å². The van der Waals surface area contributed by atoms with Crippen molar-refractivity contribution in [2.45, 2.75) is 115 Å². The Kier molecular flexibility index (Phi) is 14.0. The van der Waals surface area contributed by atoms with Crippen molar-refractivity contribution < 1.29 is 37.4 Å². The standard InChI is InChI=1S/C31H51N7O8S/c1-19-17-20(2)25(21(3)18-19)47(44,45)38(24(28(41)42)12-9-15-35-29(33)34)27(40)23-13-10-16-37(23)26(39)22(11-7-8-14-32)36-30(43)46-31(4,5)6/h17-18,22-24H,7-16,32H2,1-6H3,(H,36,43)(H,41,42)(H4,33,34,35)/t22-,23-,24-/m0/s1. The normalized spacial score (nSPS) is 16.2. The smallest absolute Gasteiger partial charge is 0.408 e. The van der Waals surface area contributed by atoms with E-state index < -0.39 is 57.6 Å². The molecule has 0 saturated carbocycles. The lowest BCUT2D eigenvalue weighted by Crippen LogP contribution is -2.58. The number of guanidine groups is 1. The number of likely N-dealkylation sites (tertiary alicyclic amines) is 1. The van der Waals surface area contributed by atoms with Gasteiger partial charge in [0.05, 0.1) is 4.90 Å². The molecule has 0 aliphatic carbocycles. The molecule has 3 amide bonds. The number of hydrogen-bond acceptors (Lipinski definition) is 9.